The van der Waals surface area contributed by atoms with Gasteiger partial charge in [-0.3, -0.25) is 0 Å². The van der Waals surface area contributed by atoms with E-state index in [1.165, 1.54) is 38.2 Å². The molecule has 0 spiro atoms. The van der Waals surface area contributed by atoms with Crippen LogP contribution in [0, 0.1) is 7.43 Å². The van der Waals surface area contributed by atoms with E-state index >= 15 is 0 Å². The van der Waals surface area contributed by atoms with E-state index in [9.17, 15) is 0 Å². The summed E-state index contributed by atoms with van der Waals surface area (Å²) in [5.41, 5.74) is 0. The summed E-state index contributed by atoms with van der Waals surface area (Å²) < 4.78 is 0. The number of rotatable bonds is 8. The van der Waals surface area contributed by atoms with E-state index in [2.05, 4.69) is 71.6 Å². The fourth-order valence-electron chi connectivity index (χ4n) is 1.91. The molecule has 0 saturated carbocycles. The smallest absolute Gasteiger partial charge is 0 e. The van der Waals surface area contributed by atoms with Gasteiger partial charge in [0.2, 0.25) is 0 Å². The van der Waals surface area contributed by atoms with Crippen molar-refractivity contribution in [2.45, 2.75) is 13.8 Å². The van der Waals surface area contributed by atoms with Crippen molar-refractivity contribution in [3.63, 3.8) is 0 Å². The molecule has 20 radical (unpaired) electrons. The third kappa shape index (κ3) is 187. The predicted octanol–water partition coefficient (Wildman–Crippen LogP) is 6.19. The normalized spacial score (nSPS) is 8.71. The molecule has 30 heteroatoms. The molecule has 0 bridgehead atoms. The average molecular weight is 2960 g/mol. The molecular weight excluding hydrogens is 2920 g/mol. The Bertz CT molecular complexity index is 512. The predicted molar refractivity (Wildman–Crippen MR) is 156 cm³/mol. The first-order valence-electron chi connectivity index (χ1n) is 8.11. The van der Waals surface area contributed by atoms with E-state index in [4.69, 9.17) is 0 Å². The van der Waals surface area contributed by atoms with E-state index in [0.717, 1.165) is 0 Å². The standard InChI is InChI=1S/C9H23P3.C6H16P2.C2H5P.CH3.4W.20Y/c1-7-11(4)9-12(5,6)8-10(2)3;1-5-8(4)6-7(2)3;1-3-2;;;;;;;;;;;;;;;;;;;;;;;;;/h10-11H,2,4-5,7-9H2,1,3,6H3;7-8H,2,4-6H2,1,3H3;1H2,2H3;1H3;;;;;;;;;;;;;;;;;;;;;;;;/q;;;-1;;;;;;;;;;;;;;;;;;;;;;;;. The summed E-state index contributed by atoms with van der Waals surface area (Å²) in [6.45, 7) is 12.5. The van der Waals surface area contributed by atoms with Crippen LogP contribution in [0.1, 0.15) is 13.8 Å². The third-order valence-corrected chi connectivity index (χ3v) is 19.3. The van der Waals surface area contributed by atoms with Gasteiger partial charge in [-0.05, 0) is 56.7 Å². The van der Waals surface area contributed by atoms with Crippen molar-refractivity contribution in [2.24, 2.45) is 0 Å². The van der Waals surface area contributed by atoms with E-state index in [0.29, 0.717) is 0 Å². The molecule has 0 heterocycles. The summed E-state index contributed by atoms with van der Waals surface area (Å²) in [5.74, 6) is 4.05. The zero-order valence-corrected chi connectivity index (χ0v) is 105. The summed E-state index contributed by atoms with van der Waals surface area (Å²) in [7, 11) is 0.133. The Morgan fingerprint density at radius 1 is 0.479 bits per heavy atom. The molecule has 0 nitrogen and oxygen atoms in total. The number of hydrogen-bond acceptors (Lipinski definition) is 0. The molecule has 0 aliphatic rings. The molecule has 0 N–H and O–H groups in total. The molecule has 0 amide bonds. The van der Waals surface area contributed by atoms with Crippen molar-refractivity contribution < 1.29 is 738 Å². The van der Waals surface area contributed by atoms with E-state index in [1.807, 2.05) is 6.66 Å². The Morgan fingerprint density at radius 2 is 0.667 bits per heavy atom. The monoisotopic (exact) mass is 2960 g/mol. The molecule has 0 aliphatic carbocycles. The molecule has 0 fully saturated rings. The molecule has 0 saturated heterocycles. The molecule has 5 unspecified atom stereocenters. The van der Waals surface area contributed by atoms with Crippen LogP contribution in [0.25, 0.3) is 0 Å². The molecule has 0 aromatic rings. The first-order chi connectivity index (χ1) is 10.4. The van der Waals surface area contributed by atoms with Crippen molar-refractivity contribution in [1.29, 1.82) is 0 Å². The summed E-state index contributed by atoms with van der Waals surface area (Å²) in [4.78, 5) is 0. The minimum absolute atomic E-state index is 0. The van der Waals surface area contributed by atoms with Crippen LogP contribution in [-0.4, -0.2) is 94.5 Å². The van der Waals surface area contributed by atoms with Gasteiger partial charge in [-0.15, -0.1) is 76.8 Å². The zero-order chi connectivity index (χ0) is 19.1. The maximum absolute atomic E-state index is 4.38. The molecule has 0 aromatic heterocycles. The third-order valence-electron chi connectivity index (χ3n) is 2.81. The molecule has 0 aliphatic heterocycles. The van der Waals surface area contributed by atoms with Crippen LogP contribution < -0.4 is 0 Å². The Balaban J connectivity index is -0.00000000404. The van der Waals surface area contributed by atoms with Crippen molar-refractivity contribution >= 4 is 83.1 Å². The van der Waals surface area contributed by atoms with Gasteiger partial charge in [0.1, 0.15) is 0 Å². The van der Waals surface area contributed by atoms with Crippen LogP contribution in [0.4, 0.5) is 0 Å². The molecule has 0 aromatic carbocycles. The molecule has 234 valence electrons. The van der Waals surface area contributed by atoms with E-state index in [1.54, 1.807) is 0 Å². The van der Waals surface area contributed by atoms with Gasteiger partial charge in [-0.2, -0.15) is 0 Å². The fraction of sp³-hybridized carbons (Fsp3) is 0.611. The largest absolute Gasteiger partial charge is 0.358 e. The Kier molecular flexibility index (Phi) is 587. The van der Waals surface area contributed by atoms with Gasteiger partial charge in [0.25, 0.3) is 0 Å². The van der Waals surface area contributed by atoms with Gasteiger partial charge in [-0.25, -0.2) is 0 Å². The van der Waals surface area contributed by atoms with Gasteiger partial charge in [0, 0.05) is 738 Å². The minimum Gasteiger partial charge on any atom is -0.358 e. The van der Waals surface area contributed by atoms with Gasteiger partial charge in [-0.1, -0.05) is 20.1 Å². The zero-order valence-electron chi connectivity index (χ0n) is 30.9. The minimum atomic E-state index is -0.856. The first-order valence-corrected chi connectivity index (χ1v) is 21.5. The second-order valence-electron chi connectivity index (χ2n) is 6.55. The Labute approximate surface area is 870 Å². The summed E-state index contributed by atoms with van der Waals surface area (Å²) in [6.07, 6.45) is 26.9. The summed E-state index contributed by atoms with van der Waals surface area (Å²) in [6, 6.07) is 0. The van der Waals surface area contributed by atoms with Crippen LogP contribution in [-0.2, 0) is 738 Å². The Hall–Kier alpha value is 26.5. The van der Waals surface area contributed by atoms with Crippen LogP contribution in [0.15, 0.2) is 0 Å². The molecule has 5 atom stereocenters. The molecular formula is C18H47P6W4Y20-. The topological polar surface area (TPSA) is 0 Å². The quantitative estimate of drug-likeness (QED) is 0.201. The van der Waals surface area contributed by atoms with Crippen molar-refractivity contribution in [2.75, 3.05) is 56.7 Å². The maximum atomic E-state index is 4.38. The Morgan fingerprint density at radius 3 is 0.771 bits per heavy atom. The van der Waals surface area contributed by atoms with Crippen molar-refractivity contribution in [3.8, 4) is 0 Å². The fourth-order valence-corrected chi connectivity index (χ4v) is 18.2. The summed E-state index contributed by atoms with van der Waals surface area (Å²) in [5, 5.41) is 0. The van der Waals surface area contributed by atoms with Crippen LogP contribution in [0.3, 0.4) is 0 Å². The van der Waals surface area contributed by atoms with Crippen LogP contribution in [0.2, 0.25) is 0 Å². The van der Waals surface area contributed by atoms with Gasteiger partial charge in [0.05, 0.1) is 0 Å². The van der Waals surface area contributed by atoms with Gasteiger partial charge in [0.15, 0.2) is 0 Å². The van der Waals surface area contributed by atoms with E-state index < -0.39 is 6.89 Å². The number of hydrogen-bond donors (Lipinski definition) is 0. The first kappa shape index (κ1) is 186. The van der Waals surface area contributed by atoms with Gasteiger partial charge >= 0.3 is 0 Å². The average Bonchev–Trinajstić information content (AvgIpc) is 2.37. The molecule has 48 heavy (non-hydrogen) atoms. The van der Waals surface area contributed by atoms with Crippen molar-refractivity contribution in [1.82, 2.24) is 0 Å². The van der Waals surface area contributed by atoms with Gasteiger partial charge < -0.3 is 7.43 Å². The SMILES string of the molecule is C=PC.C=[PH](C)CP(=C)(C)C[PH](=C)CC.C=[PH](C)C[PH](=C)CC.[CH3-].[W].[W].[W].[W].[Y].[Y].[Y].[Y].[Y].[Y].[Y].[Y].[Y].[Y].[Y].[Y].[Y].[Y].[Y].[Y].[Y].[Y].[Y].[Y]. The summed E-state index contributed by atoms with van der Waals surface area (Å²) >= 11 is 0. The van der Waals surface area contributed by atoms with Crippen molar-refractivity contribution in [3.05, 3.63) is 7.43 Å². The van der Waals surface area contributed by atoms with Crippen LogP contribution >= 0.6 is 45.3 Å². The maximum Gasteiger partial charge on any atom is 0 e. The second kappa shape index (κ2) is 151. The van der Waals surface area contributed by atoms with E-state index in [-0.39, 0.29) is 776 Å². The second-order valence-corrected chi connectivity index (χ2v) is 22.6. The van der Waals surface area contributed by atoms with Crippen LogP contribution in [0.5, 0.6) is 0 Å². The molecule has 0 rings (SSSR count).